The highest BCUT2D eigenvalue weighted by atomic mass is 32.2. The molecule has 21 heavy (non-hydrogen) atoms. The molecule has 1 saturated heterocycles. The zero-order chi connectivity index (χ0) is 15.3. The van der Waals surface area contributed by atoms with E-state index in [1.165, 1.54) is 19.2 Å². The van der Waals surface area contributed by atoms with Gasteiger partial charge in [-0.3, -0.25) is 4.72 Å². The van der Waals surface area contributed by atoms with Crippen LogP contribution in [0.3, 0.4) is 0 Å². The van der Waals surface area contributed by atoms with E-state index < -0.39 is 15.8 Å². The molecule has 0 unspecified atom stereocenters. The van der Waals surface area contributed by atoms with Gasteiger partial charge in [-0.2, -0.15) is 0 Å². The van der Waals surface area contributed by atoms with Gasteiger partial charge in [-0.25, -0.2) is 12.8 Å². The number of rotatable bonds is 6. The molecule has 5 nitrogen and oxygen atoms in total. The molecule has 0 radical (unpaired) electrons. The fourth-order valence-corrected chi connectivity index (χ4v) is 3.68. The zero-order valence-corrected chi connectivity index (χ0v) is 12.9. The lowest BCUT2D eigenvalue weighted by Gasteiger charge is -2.22. The van der Waals surface area contributed by atoms with E-state index in [1.807, 2.05) is 0 Å². The number of methoxy groups -OCH3 is 1. The summed E-state index contributed by atoms with van der Waals surface area (Å²) in [5.41, 5.74) is 0.221. The summed E-state index contributed by atoms with van der Waals surface area (Å²) in [6.45, 7) is 1.89. The number of hydrogen-bond donors (Lipinski definition) is 2. The minimum atomic E-state index is -3.45. The Labute approximate surface area is 124 Å². The molecular formula is C14H21FN2O3S. The molecule has 1 heterocycles. The lowest BCUT2D eigenvalue weighted by molar-refractivity contribution is 0.365. The predicted molar refractivity (Wildman–Crippen MR) is 80.6 cm³/mol. The van der Waals surface area contributed by atoms with Gasteiger partial charge in [-0.15, -0.1) is 0 Å². The first-order valence-corrected chi connectivity index (χ1v) is 8.70. The highest BCUT2D eigenvalue weighted by Crippen LogP contribution is 2.22. The molecule has 0 aliphatic carbocycles. The molecule has 0 amide bonds. The Morgan fingerprint density at radius 2 is 2.10 bits per heavy atom. The molecular weight excluding hydrogens is 295 g/mol. The maximum atomic E-state index is 13.5. The Hall–Kier alpha value is -1.34. The van der Waals surface area contributed by atoms with E-state index in [4.69, 9.17) is 4.74 Å². The van der Waals surface area contributed by atoms with E-state index in [1.54, 1.807) is 0 Å². The number of ether oxygens (including phenoxy) is 1. The van der Waals surface area contributed by atoms with Crippen LogP contribution in [0.5, 0.6) is 5.75 Å². The quantitative estimate of drug-likeness (QED) is 0.842. The third-order valence-corrected chi connectivity index (χ3v) is 5.00. The van der Waals surface area contributed by atoms with E-state index in [0.29, 0.717) is 12.3 Å². The predicted octanol–water partition coefficient (Wildman–Crippen LogP) is 1.97. The third-order valence-electron chi connectivity index (χ3n) is 3.68. The van der Waals surface area contributed by atoms with Gasteiger partial charge in [0.1, 0.15) is 0 Å². The summed E-state index contributed by atoms with van der Waals surface area (Å²) in [5.74, 6) is 0.00447. The maximum Gasteiger partial charge on any atom is 0.232 e. The van der Waals surface area contributed by atoms with Gasteiger partial charge in [-0.05, 0) is 50.4 Å². The summed E-state index contributed by atoms with van der Waals surface area (Å²) in [4.78, 5) is 0. The van der Waals surface area contributed by atoms with Crippen LogP contribution in [0.1, 0.15) is 19.3 Å². The summed E-state index contributed by atoms with van der Waals surface area (Å²) >= 11 is 0. The van der Waals surface area contributed by atoms with Crippen molar-refractivity contribution in [2.75, 3.05) is 30.7 Å². The monoisotopic (exact) mass is 316 g/mol. The molecule has 0 bridgehead atoms. The summed E-state index contributed by atoms with van der Waals surface area (Å²) in [7, 11) is -2.09. The second-order valence-electron chi connectivity index (χ2n) is 5.25. The fourth-order valence-electron chi connectivity index (χ4n) is 2.45. The van der Waals surface area contributed by atoms with Crippen molar-refractivity contribution in [1.29, 1.82) is 0 Å². The van der Waals surface area contributed by atoms with Gasteiger partial charge in [0, 0.05) is 6.07 Å². The maximum absolute atomic E-state index is 13.5. The van der Waals surface area contributed by atoms with Crippen molar-refractivity contribution < 1.29 is 17.5 Å². The third kappa shape index (κ3) is 4.86. The van der Waals surface area contributed by atoms with E-state index in [0.717, 1.165) is 32.0 Å². The largest absolute Gasteiger partial charge is 0.494 e. The van der Waals surface area contributed by atoms with Crippen LogP contribution in [-0.4, -0.2) is 34.4 Å². The second kappa shape index (κ2) is 7.09. The first-order valence-electron chi connectivity index (χ1n) is 7.05. The molecule has 1 aliphatic rings. The van der Waals surface area contributed by atoms with Crippen LogP contribution >= 0.6 is 0 Å². The van der Waals surface area contributed by atoms with Crippen molar-refractivity contribution in [3.05, 3.63) is 24.0 Å². The lowest BCUT2D eigenvalue weighted by Crippen LogP contribution is -2.29. The summed E-state index contributed by atoms with van der Waals surface area (Å²) in [6.07, 6.45) is 2.65. The average Bonchev–Trinajstić information content (AvgIpc) is 2.46. The van der Waals surface area contributed by atoms with Crippen molar-refractivity contribution in [1.82, 2.24) is 5.32 Å². The van der Waals surface area contributed by atoms with Crippen molar-refractivity contribution >= 4 is 15.7 Å². The van der Waals surface area contributed by atoms with Crippen LogP contribution in [0, 0.1) is 11.7 Å². The topological polar surface area (TPSA) is 67.4 Å². The molecule has 1 fully saturated rings. The Kier molecular flexibility index (Phi) is 5.41. The van der Waals surface area contributed by atoms with Crippen molar-refractivity contribution in [2.24, 2.45) is 5.92 Å². The number of nitrogens with one attached hydrogen (secondary N) is 2. The molecule has 1 aliphatic heterocycles. The Bertz CT molecular complexity index is 572. The second-order valence-corrected chi connectivity index (χ2v) is 7.09. The highest BCUT2D eigenvalue weighted by molar-refractivity contribution is 7.92. The van der Waals surface area contributed by atoms with Crippen LogP contribution in [0.4, 0.5) is 10.1 Å². The lowest BCUT2D eigenvalue weighted by atomic mass is 9.96. The summed E-state index contributed by atoms with van der Waals surface area (Å²) < 4.78 is 44.8. The number of halogens is 1. The molecule has 0 aromatic heterocycles. The smallest absolute Gasteiger partial charge is 0.232 e. The molecule has 1 aromatic rings. The number of benzene rings is 1. The van der Waals surface area contributed by atoms with E-state index >= 15 is 0 Å². The van der Waals surface area contributed by atoms with Crippen LogP contribution < -0.4 is 14.8 Å². The Morgan fingerprint density at radius 1 is 1.38 bits per heavy atom. The number of anilines is 1. The molecule has 1 aromatic carbocycles. The van der Waals surface area contributed by atoms with Crippen molar-refractivity contribution in [2.45, 2.75) is 19.3 Å². The average molecular weight is 316 g/mol. The summed E-state index contributed by atoms with van der Waals surface area (Å²) in [5, 5.41) is 3.25. The van der Waals surface area contributed by atoms with Crippen LogP contribution in [0.2, 0.25) is 0 Å². The van der Waals surface area contributed by atoms with Gasteiger partial charge in [0.15, 0.2) is 11.6 Å². The van der Waals surface area contributed by atoms with Gasteiger partial charge in [-0.1, -0.05) is 0 Å². The van der Waals surface area contributed by atoms with E-state index in [2.05, 4.69) is 10.0 Å². The normalized spacial score (nSPS) is 16.7. The number of sulfonamides is 1. The minimum absolute atomic E-state index is 0.0608. The van der Waals surface area contributed by atoms with Gasteiger partial charge >= 0.3 is 0 Å². The highest BCUT2D eigenvalue weighted by Gasteiger charge is 2.18. The minimum Gasteiger partial charge on any atom is -0.494 e. The molecule has 7 heteroatoms. The zero-order valence-electron chi connectivity index (χ0n) is 12.1. The number of piperidine rings is 1. The standard InChI is InChI=1S/C14H21FN2O3S/c1-20-14-3-2-12(10-13(14)15)17-21(18,19)9-6-11-4-7-16-8-5-11/h2-3,10-11,16-17H,4-9H2,1H3. The van der Waals surface area contributed by atoms with Gasteiger partial charge in [0.25, 0.3) is 0 Å². The fraction of sp³-hybridized carbons (Fsp3) is 0.571. The molecule has 2 rings (SSSR count). The first kappa shape index (κ1) is 16.0. The molecule has 0 saturated carbocycles. The molecule has 118 valence electrons. The molecule has 2 N–H and O–H groups in total. The van der Waals surface area contributed by atoms with Crippen molar-refractivity contribution in [3.63, 3.8) is 0 Å². The SMILES string of the molecule is COc1ccc(NS(=O)(=O)CCC2CCNCC2)cc1F. The van der Waals surface area contributed by atoms with Crippen LogP contribution in [0.25, 0.3) is 0 Å². The Balaban J connectivity index is 1.92. The summed E-state index contributed by atoms with van der Waals surface area (Å²) in [6, 6.07) is 4.02. The van der Waals surface area contributed by atoms with Gasteiger partial charge in [0.05, 0.1) is 18.6 Å². The Morgan fingerprint density at radius 3 is 2.71 bits per heavy atom. The van der Waals surface area contributed by atoms with Crippen LogP contribution in [0.15, 0.2) is 18.2 Å². The molecule has 0 atom stereocenters. The van der Waals surface area contributed by atoms with Gasteiger partial charge < -0.3 is 10.1 Å². The van der Waals surface area contributed by atoms with Gasteiger partial charge in [0.2, 0.25) is 10.0 Å². The first-order chi connectivity index (χ1) is 10.00. The van der Waals surface area contributed by atoms with E-state index in [-0.39, 0.29) is 17.2 Å². The van der Waals surface area contributed by atoms with Crippen LogP contribution in [-0.2, 0) is 10.0 Å². The van der Waals surface area contributed by atoms with Crippen molar-refractivity contribution in [3.8, 4) is 5.75 Å². The molecule has 0 spiro atoms. The van der Waals surface area contributed by atoms with E-state index in [9.17, 15) is 12.8 Å². The number of hydrogen-bond acceptors (Lipinski definition) is 4.